The number of nitrogens with zero attached hydrogens (tertiary/aromatic N) is 1. The van der Waals surface area contributed by atoms with Crippen LogP contribution >= 0.6 is 15.9 Å². The molecule has 4 aromatic rings. The van der Waals surface area contributed by atoms with Crippen LogP contribution in [0.2, 0.25) is 0 Å². The smallest absolute Gasteiger partial charge is 0.291 e. The molecule has 0 radical (unpaired) electrons. The maximum absolute atomic E-state index is 13.4. The summed E-state index contributed by atoms with van der Waals surface area (Å²) < 4.78 is 12.3. The Morgan fingerprint density at radius 2 is 1.86 bits per heavy atom. The van der Waals surface area contributed by atoms with E-state index < -0.39 is 6.04 Å². The minimum atomic E-state index is -0.545. The lowest BCUT2D eigenvalue weighted by molar-refractivity contribution is 0.0701. The van der Waals surface area contributed by atoms with Crippen LogP contribution in [0.4, 0.5) is 0 Å². The SMILES string of the molecule is Cc1ccc2oc3c(c(=O)c2c1)[C@@H](c1ccc(Br)cc1)N(Cc1ccco1)C3=O. The van der Waals surface area contributed by atoms with Crippen LogP contribution in [0.15, 0.2) is 79.0 Å². The van der Waals surface area contributed by atoms with Crippen LogP contribution in [-0.4, -0.2) is 10.8 Å². The van der Waals surface area contributed by atoms with E-state index in [1.165, 1.54) is 0 Å². The third-order valence-corrected chi connectivity index (χ3v) is 5.74. The Kier molecular flexibility index (Phi) is 4.17. The van der Waals surface area contributed by atoms with E-state index >= 15 is 0 Å². The van der Waals surface area contributed by atoms with Gasteiger partial charge in [-0.2, -0.15) is 0 Å². The highest BCUT2D eigenvalue weighted by Gasteiger charge is 2.43. The first-order valence-electron chi connectivity index (χ1n) is 9.19. The Labute approximate surface area is 174 Å². The van der Waals surface area contributed by atoms with Crippen LogP contribution in [0.25, 0.3) is 11.0 Å². The minimum Gasteiger partial charge on any atom is -0.467 e. The van der Waals surface area contributed by atoms with Crippen molar-refractivity contribution in [1.29, 1.82) is 0 Å². The zero-order chi connectivity index (χ0) is 20.1. The van der Waals surface area contributed by atoms with Crippen molar-refractivity contribution in [3.8, 4) is 0 Å². The van der Waals surface area contributed by atoms with Gasteiger partial charge < -0.3 is 13.7 Å². The molecule has 0 N–H and O–H groups in total. The summed E-state index contributed by atoms with van der Waals surface area (Å²) in [5, 5.41) is 0.485. The number of carbonyl (C=O) groups excluding carboxylic acids is 1. The summed E-state index contributed by atoms with van der Waals surface area (Å²) >= 11 is 3.44. The molecule has 6 heteroatoms. The van der Waals surface area contributed by atoms with Crippen molar-refractivity contribution in [3.05, 3.63) is 104 Å². The zero-order valence-corrected chi connectivity index (χ0v) is 17.1. The second kappa shape index (κ2) is 6.74. The van der Waals surface area contributed by atoms with Gasteiger partial charge in [0.1, 0.15) is 11.3 Å². The lowest BCUT2D eigenvalue weighted by atomic mass is 9.98. The first kappa shape index (κ1) is 17.9. The van der Waals surface area contributed by atoms with E-state index in [9.17, 15) is 9.59 Å². The first-order valence-corrected chi connectivity index (χ1v) is 9.98. The fourth-order valence-corrected chi connectivity index (χ4v) is 4.12. The van der Waals surface area contributed by atoms with Gasteiger partial charge in [0.2, 0.25) is 5.76 Å². The molecule has 0 fully saturated rings. The maximum atomic E-state index is 13.4. The van der Waals surface area contributed by atoms with Crippen molar-refractivity contribution in [2.24, 2.45) is 0 Å². The van der Waals surface area contributed by atoms with Crippen LogP contribution in [0, 0.1) is 6.92 Å². The number of aryl methyl sites for hydroxylation is 1. The monoisotopic (exact) mass is 449 g/mol. The number of carbonyl (C=O) groups is 1. The fraction of sp³-hybridized carbons (Fsp3) is 0.130. The number of amides is 1. The Hall–Kier alpha value is -3.12. The van der Waals surface area contributed by atoms with Gasteiger partial charge in [-0.1, -0.05) is 39.7 Å². The van der Waals surface area contributed by atoms with E-state index in [-0.39, 0.29) is 23.6 Å². The summed E-state index contributed by atoms with van der Waals surface area (Å²) in [6.45, 7) is 2.16. The van der Waals surface area contributed by atoms with Crippen LogP contribution in [-0.2, 0) is 6.54 Å². The lowest BCUT2D eigenvalue weighted by Crippen LogP contribution is -2.29. The third kappa shape index (κ3) is 2.91. The predicted molar refractivity (Wildman–Crippen MR) is 112 cm³/mol. The number of rotatable bonds is 3. The molecule has 1 atom stereocenters. The molecule has 1 amide bonds. The molecule has 0 saturated carbocycles. The third-order valence-electron chi connectivity index (χ3n) is 5.21. The van der Waals surface area contributed by atoms with E-state index in [1.807, 2.05) is 43.3 Å². The Balaban J connectivity index is 1.75. The number of hydrogen-bond donors (Lipinski definition) is 0. The van der Waals surface area contributed by atoms with Crippen molar-refractivity contribution >= 4 is 32.8 Å². The minimum absolute atomic E-state index is 0.103. The first-order chi connectivity index (χ1) is 14.0. The molecule has 3 heterocycles. The van der Waals surface area contributed by atoms with Crippen molar-refractivity contribution in [2.45, 2.75) is 19.5 Å². The molecule has 0 unspecified atom stereocenters. The molecule has 0 aliphatic carbocycles. The molecule has 0 saturated heterocycles. The van der Waals surface area contributed by atoms with Gasteiger partial charge in [0.15, 0.2) is 5.43 Å². The number of furan rings is 1. The van der Waals surface area contributed by atoms with Crippen LogP contribution < -0.4 is 5.43 Å². The van der Waals surface area contributed by atoms with Gasteiger partial charge in [-0.15, -0.1) is 0 Å². The summed E-state index contributed by atoms with van der Waals surface area (Å²) in [6, 6.07) is 16.1. The average molecular weight is 450 g/mol. The molecule has 1 aliphatic rings. The summed E-state index contributed by atoms with van der Waals surface area (Å²) in [5.74, 6) is 0.427. The lowest BCUT2D eigenvalue weighted by Gasteiger charge is -2.24. The number of fused-ring (bicyclic) bond motifs is 2. The van der Waals surface area contributed by atoms with Crippen molar-refractivity contribution in [3.63, 3.8) is 0 Å². The average Bonchev–Trinajstić information content (AvgIpc) is 3.32. The van der Waals surface area contributed by atoms with Crippen molar-refractivity contribution in [1.82, 2.24) is 4.90 Å². The van der Waals surface area contributed by atoms with Crippen molar-refractivity contribution in [2.75, 3.05) is 0 Å². The molecule has 5 rings (SSSR count). The molecule has 1 aliphatic heterocycles. The van der Waals surface area contributed by atoms with Crippen LogP contribution in [0.1, 0.15) is 39.0 Å². The van der Waals surface area contributed by atoms with Gasteiger partial charge in [0.25, 0.3) is 5.91 Å². The molecule has 2 aromatic carbocycles. The second-order valence-electron chi connectivity index (χ2n) is 7.14. The summed E-state index contributed by atoms with van der Waals surface area (Å²) in [5.41, 5.74) is 2.42. The van der Waals surface area contributed by atoms with Gasteiger partial charge in [-0.3, -0.25) is 9.59 Å². The van der Waals surface area contributed by atoms with Gasteiger partial charge in [0, 0.05) is 4.47 Å². The summed E-state index contributed by atoms with van der Waals surface area (Å²) in [6.07, 6.45) is 1.57. The van der Waals surface area contributed by atoms with E-state index in [2.05, 4.69) is 15.9 Å². The highest BCUT2D eigenvalue weighted by atomic mass is 79.9. The topological polar surface area (TPSA) is 63.7 Å². The fourth-order valence-electron chi connectivity index (χ4n) is 3.86. The van der Waals surface area contributed by atoms with Crippen LogP contribution in [0.5, 0.6) is 0 Å². The highest BCUT2D eigenvalue weighted by molar-refractivity contribution is 9.10. The number of benzene rings is 2. The largest absolute Gasteiger partial charge is 0.467 e. The molecule has 0 spiro atoms. The molecule has 5 nitrogen and oxygen atoms in total. The maximum Gasteiger partial charge on any atom is 0.291 e. The number of halogens is 1. The quantitative estimate of drug-likeness (QED) is 0.430. The molecule has 2 aromatic heterocycles. The predicted octanol–water partition coefficient (Wildman–Crippen LogP) is 5.20. The Bertz CT molecular complexity index is 1290. The molecule has 29 heavy (non-hydrogen) atoms. The van der Waals surface area contributed by atoms with E-state index in [0.29, 0.717) is 22.3 Å². The van der Waals surface area contributed by atoms with E-state index in [4.69, 9.17) is 8.83 Å². The molecular weight excluding hydrogens is 434 g/mol. The molecular formula is C23H16BrNO4. The standard InChI is InChI=1S/C23H16BrNO4/c1-13-4-9-18-17(11-13)21(26)19-20(14-5-7-15(24)8-6-14)25(23(27)22(19)29-18)12-16-3-2-10-28-16/h2-11,20H,12H2,1H3/t20-/m1/s1. The van der Waals surface area contributed by atoms with Gasteiger partial charge >= 0.3 is 0 Å². The summed E-state index contributed by atoms with van der Waals surface area (Å²) in [4.78, 5) is 28.4. The highest BCUT2D eigenvalue weighted by Crippen LogP contribution is 2.39. The van der Waals surface area contributed by atoms with Crippen molar-refractivity contribution < 1.29 is 13.6 Å². The van der Waals surface area contributed by atoms with Gasteiger partial charge in [-0.25, -0.2) is 0 Å². The molecule has 144 valence electrons. The van der Waals surface area contributed by atoms with E-state index in [0.717, 1.165) is 15.6 Å². The van der Waals surface area contributed by atoms with E-state index in [1.54, 1.807) is 29.4 Å². The Morgan fingerprint density at radius 1 is 1.07 bits per heavy atom. The van der Waals surface area contributed by atoms with Gasteiger partial charge in [0.05, 0.1) is 29.8 Å². The Morgan fingerprint density at radius 3 is 2.59 bits per heavy atom. The van der Waals surface area contributed by atoms with Crippen LogP contribution in [0.3, 0.4) is 0 Å². The molecule has 0 bridgehead atoms. The normalized spacial score (nSPS) is 15.9. The summed E-state index contributed by atoms with van der Waals surface area (Å²) in [7, 11) is 0. The number of hydrogen-bond acceptors (Lipinski definition) is 4. The second-order valence-corrected chi connectivity index (χ2v) is 8.06. The zero-order valence-electron chi connectivity index (χ0n) is 15.5. The van der Waals surface area contributed by atoms with Gasteiger partial charge in [-0.05, 0) is 48.9 Å².